The average Bonchev–Trinajstić information content (AvgIpc) is 3.11. The molecule has 2 heterocycles. The van der Waals surface area contributed by atoms with Crippen LogP contribution in [0.2, 0.25) is 0 Å². The van der Waals surface area contributed by atoms with Crippen molar-refractivity contribution in [2.45, 2.75) is 18.4 Å². The van der Waals surface area contributed by atoms with Crippen molar-refractivity contribution >= 4 is 23.5 Å². The number of carbonyl (C=O) groups excluding carboxylic acids is 2. The van der Waals surface area contributed by atoms with Crippen LogP contribution in [0.25, 0.3) is 0 Å². The average molecular weight is 439 g/mol. The predicted molar refractivity (Wildman–Crippen MR) is 118 cm³/mol. The van der Waals surface area contributed by atoms with E-state index in [1.54, 1.807) is 31.2 Å². The predicted octanol–water partition coefficient (Wildman–Crippen LogP) is 3.07. The van der Waals surface area contributed by atoms with Gasteiger partial charge in [0.05, 0.1) is 40.2 Å². The van der Waals surface area contributed by atoms with Gasteiger partial charge in [0.25, 0.3) is 0 Å². The number of hydrogen-bond acceptors (Lipinski definition) is 6. The number of amides is 3. The summed E-state index contributed by atoms with van der Waals surface area (Å²) in [7, 11) is 7.82. The number of methoxy groups -OCH3 is 4. The number of rotatable bonds is 6. The number of ether oxygens (including phenoxy) is 4. The minimum Gasteiger partial charge on any atom is -0.497 e. The number of piperidine rings is 1. The molecular weight excluding hydrogens is 414 g/mol. The van der Waals surface area contributed by atoms with Gasteiger partial charge in [-0.05, 0) is 17.7 Å². The van der Waals surface area contributed by atoms with Crippen LogP contribution in [0, 0.1) is 0 Å². The van der Waals surface area contributed by atoms with Crippen molar-refractivity contribution in [1.29, 1.82) is 0 Å². The van der Waals surface area contributed by atoms with Crippen LogP contribution in [0.1, 0.15) is 17.9 Å². The Balaban J connectivity index is 1.79. The summed E-state index contributed by atoms with van der Waals surface area (Å²) in [6.45, 7) is 0. The van der Waals surface area contributed by atoms with E-state index in [2.05, 4.69) is 4.99 Å². The molecule has 2 aliphatic heterocycles. The Kier molecular flexibility index (Phi) is 5.65. The largest absolute Gasteiger partial charge is 0.497 e. The van der Waals surface area contributed by atoms with Crippen LogP contribution < -0.4 is 23.8 Å². The van der Waals surface area contributed by atoms with Crippen LogP contribution in [-0.2, 0) is 4.79 Å². The zero-order chi connectivity index (χ0) is 23.0. The molecule has 9 nitrogen and oxygen atoms in total. The molecule has 1 fully saturated rings. The molecule has 0 aliphatic carbocycles. The molecule has 0 spiro atoms. The highest BCUT2D eigenvalue weighted by molar-refractivity contribution is 6.25. The molecule has 0 unspecified atom stereocenters. The minimum absolute atomic E-state index is 0.182. The second-order valence-corrected chi connectivity index (χ2v) is 7.50. The van der Waals surface area contributed by atoms with E-state index < -0.39 is 12.1 Å². The van der Waals surface area contributed by atoms with Gasteiger partial charge in [-0.1, -0.05) is 12.1 Å². The van der Waals surface area contributed by atoms with Gasteiger partial charge in [0.2, 0.25) is 11.7 Å². The molecule has 0 bridgehead atoms. The highest BCUT2D eigenvalue weighted by atomic mass is 16.5. The molecule has 3 amide bonds. The van der Waals surface area contributed by atoms with E-state index >= 15 is 0 Å². The van der Waals surface area contributed by atoms with Gasteiger partial charge in [-0.15, -0.1) is 0 Å². The standard InChI is InChI=1S/C23H25N3O6/c1-25-20-16(13-6-8-15(29-2)9-7-13)12-19(27)26(22(20)24-23(25)28)14-10-17(30-3)21(32-5)18(11-14)31-4/h6-11,16,20H,12H2,1-5H3/t16-,20-/m0/s1. The Morgan fingerprint density at radius 2 is 1.53 bits per heavy atom. The number of amidine groups is 1. The fraction of sp³-hybridized carbons (Fsp3) is 0.348. The van der Waals surface area contributed by atoms with Gasteiger partial charge in [-0.2, -0.15) is 4.99 Å². The SMILES string of the molecule is COc1ccc([C@@H]2CC(=O)N(c3cc(OC)c(OC)c(OC)c3)C3=NC(=O)N(C)[C@H]32)cc1. The van der Waals surface area contributed by atoms with Gasteiger partial charge in [-0.3, -0.25) is 9.69 Å². The number of benzene rings is 2. The van der Waals surface area contributed by atoms with E-state index in [-0.39, 0.29) is 18.2 Å². The Bertz CT molecular complexity index is 1060. The molecule has 9 heteroatoms. The van der Waals surface area contributed by atoms with Gasteiger partial charge >= 0.3 is 6.03 Å². The highest BCUT2D eigenvalue weighted by Gasteiger charge is 2.48. The lowest BCUT2D eigenvalue weighted by atomic mass is 9.83. The normalized spacial score (nSPS) is 20.1. The van der Waals surface area contributed by atoms with Crippen molar-refractivity contribution in [2.24, 2.45) is 4.99 Å². The molecule has 1 saturated heterocycles. The van der Waals surface area contributed by atoms with Crippen LogP contribution in [0.3, 0.4) is 0 Å². The fourth-order valence-electron chi connectivity index (χ4n) is 4.31. The summed E-state index contributed by atoms with van der Waals surface area (Å²) in [5.74, 6) is 1.91. The second kappa shape index (κ2) is 8.41. The monoisotopic (exact) mass is 439 g/mol. The third-order valence-electron chi connectivity index (χ3n) is 5.90. The van der Waals surface area contributed by atoms with Crippen molar-refractivity contribution in [2.75, 3.05) is 40.4 Å². The minimum atomic E-state index is -0.396. The van der Waals surface area contributed by atoms with Crippen LogP contribution >= 0.6 is 0 Å². The van der Waals surface area contributed by atoms with Crippen LogP contribution in [-0.4, -0.2) is 64.2 Å². The molecule has 4 rings (SSSR count). The highest BCUT2D eigenvalue weighted by Crippen LogP contribution is 2.44. The summed E-state index contributed by atoms with van der Waals surface area (Å²) in [4.78, 5) is 33.2. The maximum Gasteiger partial charge on any atom is 0.345 e. The van der Waals surface area contributed by atoms with E-state index in [1.807, 2.05) is 24.3 Å². The molecule has 2 aliphatic rings. The third-order valence-corrected chi connectivity index (χ3v) is 5.90. The molecule has 2 atom stereocenters. The first kappa shape index (κ1) is 21.5. The number of anilines is 1. The summed E-state index contributed by atoms with van der Waals surface area (Å²) >= 11 is 0. The van der Waals surface area contributed by atoms with Crippen molar-refractivity contribution < 1.29 is 28.5 Å². The first-order valence-corrected chi connectivity index (χ1v) is 10.1. The summed E-state index contributed by atoms with van der Waals surface area (Å²) in [6.07, 6.45) is 0.199. The lowest BCUT2D eigenvalue weighted by Crippen LogP contribution is -2.54. The van der Waals surface area contributed by atoms with Gasteiger partial charge in [-0.25, -0.2) is 4.79 Å². The molecule has 168 valence electrons. The maximum atomic E-state index is 13.4. The van der Waals surface area contributed by atoms with Crippen LogP contribution in [0.4, 0.5) is 10.5 Å². The molecule has 0 N–H and O–H groups in total. The van der Waals surface area contributed by atoms with E-state index in [9.17, 15) is 9.59 Å². The first-order chi connectivity index (χ1) is 15.4. The number of carbonyl (C=O) groups is 2. The number of hydrogen-bond donors (Lipinski definition) is 0. The first-order valence-electron chi connectivity index (χ1n) is 10.1. The second-order valence-electron chi connectivity index (χ2n) is 7.50. The molecule has 32 heavy (non-hydrogen) atoms. The number of fused-ring (bicyclic) bond motifs is 1. The number of urea groups is 1. The summed E-state index contributed by atoms with van der Waals surface area (Å²) < 4.78 is 21.5. The molecule has 0 radical (unpaired) electrons. The lowest BCUT2D eigenvalue weighted by molar-refractivity contribution is -0.118. The number of likely N-dealkylation sites (N-methyl/N-ethyl adjacent to an activating group) is 1. The Morgan fingerprint density at radius 1 is 0.906 bits per heavy atom. The van der Waals surface area contributed by atoms with Gasteiger partial charge in [0.1, 0.15) is 11.6 Å². The Hall–Kier alpha value is -3.75. The van der Waals surface area contributed by atoms with Crippen molar-refractivity contribution in [3.8, 4) is 23.0 Å². The Labute approximate surface area is 186 Å². The smallest absolute Gasteiger partial charge is 0.345 e. The summed E-state index contributed by atoms with van der Waals surface area (Å²) in [5, 5.41) is 0. The lowest BCUT2D eigenvalue weighted by Gasteiger charge is -2.39. The zero-order valence-electron chi connectivity index (χ0n) is 18.6. The third kappa shape index (κ3) is 3.39. The molecule has 2 aromatic rings. The van der Waals surface area contributed by atoms with E-state index in [0.717, 1.165) is 11.3 Å². The molecule has 2 aromatic carbocycles. The van der Waals surface area contributed by atoms with Gasteiger partial charge < -0.3 is 23.8 Å². The summed E-state index contributed by atoms with van der Waals surface area (Å²) in [6, 6.07) is 10.1. The fourth-order valence-corrected chi connectivity index (χ4v) is 4.31. The quantitative estimate of drug-likeness (QED) is 0.687. The summed E-state index contributed by atoms with van der Waals surface area (Å²) in [5.41, 5.74) is 1.42. The van der Waals surface area contributed by atoms with Crippen LogP contribution in [0.5, 0.6) is 23.0 Å². The van der Waals surface area contributed by atoms with E-state index in [0.29, 0.717) is 28.8 Å². The number of nitrogens with zero attached hydrogens (tertiary/aromatic N) is 3. The van der Waals surface area contributed by atoms with Gasteiger partial charge in [0, 0.05) is 31.5 Å². The van der Waals surface area contributed by atoms with Crippen LogP contribution in [0.15, 0.2) is 41.4 Å². The Morgan fingerprint density at radius 3 is 2.06 bits per heavy atom. The molecule has 0 saturated carbocycles. The van der Waals surface area contributed by atoms with E-state index in [4.69, 9.17) is 18.9 Å². The van der Waals surface area contributed by atoms with Crippen molar-refractivity contribution in [3.05, 3.63) is 42.0 Å². The topological polar surface area (TPSA) is 89.9 Å². The zero-order valence-corrected chi connectivity index (χ0v) is 18.6. The van der Waals surface area contributed by atoms with Crippen molar-refractivity contribution in [1.82, 2.24) is 4.90 Å². The molecular formula is C23H25N3O6. The van der Waals surface area contributed by atoms with E-state index in [1.165, 1.54) is 26.2 Å². The molecule has 0 aromatic heterocycles. The number of aliphatic imine (C=N–C) groups is 1. The van der Waals surface area contributed by atoms with Crippen molar-refractivity contribution in [3.63, 3.8) is 0 Å². The van der Waals surface area contributed by atoms with Gasteiger partial charge in [0.15, 0.2) is 11.5 Å². The maximum absolute atomic E-state index is 13.4.